The Hall–Kier alpha value is -2.68. The van der Waals surface area contributed by atoms with Crippen LogP contribution in [0.1, 0.15) is 18.9 Å². The van der Waals surface area contributed by atoms with Crippen molar-refractivity contribution in [2.24, 2.45) is 0 Å². The summed E-state index contributed by atoms with van der Waals surface area (Å²) in [4.78, 5) is 33.8. The Labute approximate surface area is 206 Å². The Bertz CT molecular complexity index is 1360. The van der Waals surface area contributed by atoms with Crippen LogP contribution in [0.2, 0.25) is 0 Å². The van der Waals surface area contributed by atoms with Crippen LogP contribution >= 0.6 is 23.1 Å². The van der Waals surface area contributed by atoms with Gasteiger partial charge in [0.2, 0.25) is 5.91 Å². The van der Waals surface area contributed by atoms with Crippen LogP contribution in [-0.4, -0.2) is 51.9 Å². The standard InChI is InChI=1S/C26H27N3O3S2/c1-2-20(24(30)28-14-16-32-17-15-28)34-26-27-22-19-10-6-7-11-21(19)33-23(22)25(31)29(26)13-12-18-8-4-3-5-9-18/h3-11,20H,2,12-17H2,1H3. The first kappa shape index (κ1) is 23.1. The summed E-state index contributed by atoms with van der Waals surface area (Å²) in [5, 5.41) is 1.31. The molecule has 0 N–H and O–H groups in total. The summed E-state index contributed by atoms with van der Waals surface area (Å²) in [7, 11) is 0. The molecule has 0 spiro atoms. The van der Waals surface area contributed by atoms with E-state index in [0.717, 1.165) is 22.0 Å². The number of thiophene rings is 1. The van der Waals surface area contributed by atoms with Crippen molar-refractivity contribution in [1.82, 2.24) is 14.5 Å². The lowest BCUT2D eigenvalue weighted by Crippen LogP contribution is -2.44. The summed E-state index contributed by atoms with van der Waals surface area (Å²) >= 11 is 2.91. The number of benzene rings is 2. The van der Waals surface area contributed by atoms with Crippen molar-refractivity contribution in [2.75, 3.05) is 26.3 Å². The van der Waals surface area contributed by atoms with Crippen molar-refractivity contribution in [3.05, 3.63) is 70.5 Å². The van der Waals surface area contributed by atoms with Crippen LogP contribution in [0.4, 0.5) is 0 Å². The topological polar surface area (TPSA) is 64.4 Å². The SMILES string of the molecule is CCC(Sc1nc2c(sc3ccccc32)c(=O)n1CCc1ccccc1)C(=O)N1CCOCC1. The molecule has 0 saturated carbocycles. The molecule has 34 heavy (non-hydrogen) atoms. The number of carbonyl (C=O) groups is 1. The van der Waals surface area contributed by atoms with Gasteiger partial charge in [-0.3, -0.25) is 14.2 Å². The van der Waals surface area contributed by atoms with Gasteiger partial charge in [-0.1, -0.05) is 67.2 Å². The van der Waals surface area contributed by atoms with Gasteiger partial charge in [0.25, 0.3) is 5.56 Å². The summed E-state index contributed by atoms with van der Waals surface area (Å²) in [5.41, 5.74) is 1.87. The number of rotatable bonds is 7. The fourth-order valence-corrected chi connectivity index (χ4v) is 6.46. The zero-order chi connectivity index (χ0) is 23.5. The third kappa shape index (κ3) is 4.62. The van der Waals surface area contributed by atoms with Crippen molar-refractivity contribution in [2.45, 2.75) is 36.7 Å². The number of aryl methyl sites for hydroxylation is 1. The van der Waals surface area contributed by atoms with E-state index in [0.29, 0.717) is 49.1 Å². The number of thioether (sulfide) groups is 1. The van der Waals surface area contributed by atoms with Gasteiger partial charge < -0.3 is 9.64 Å². The van der Waals surface area contributed by atoms with E-state index in [-0.39, 0.29) is 16.7 Å². The van der Waals surface area contributed by atoms with Crippen LogP contribution in [0.3, 0.4) is 0 Å². The number of fused-ring (bicyclic) bond motifs is 3. The molecular formula is C26H27N3O3S2. The summed E-state index contributed by atoms with van der Waals surface area (Å²) in [6.45, 7) is 4.89. The molecule has 0 aliphatic carbocycles. The van der Waals surface area contributed by atoms with Gasteiger partial charge in [0.05, 0.1) is 24.0 Å². The molecule has 1 saturated heterocycles. The van der Waals surface area contributed by atoms with Gasteiger partial charge in [-0.2, -0.15) is 0 Å². The van der Waals surface area contributed by atoms with Crippen molar-refractivity contribution in [1.29, 1.82) is 0 Å². The molecule has 4 aromatic rings. The lowest BCUT2D eigenvalue weighted by Gasteiger charge is -2.30. The Morgan fingerprint density at radius 3 is 2.62 bits per heavy atom. The van der Waals surface area contributed by atoms with E-state index in [9.17, 15) is 9.59 Å². The van der Waals surface area contributed by atoms with E-state index in [2.05, 4.69) is 12.1 Å². The molecule has 1 aliphatic rings. The summed E-state index contributed by atoms with van der Waals surface area (Å²) in [5.74, 6) is 0.0925. The molecule has 2 aromatic carbocycles. The van der Waals surface area contributed by atoms with Crippen molar-refractivity contribution >= 4 is 49.3 Å². The van der Waals surface area contributed by atoms with E-state index in [1.807, 2.05) is 54.3 Å². The molecule has 2 aromatic heterocycles. The number of aromatic nitrogens is 2. The Morgan fingerprint density at radius 2 is 1.85 bits per heavy atom. The molecular weight excluding hydrogens is 466 g/mol. The van der Waals surface area contributed by atoms with Crippen molar-refractivity contribution in [3.63, 3.8) is 0 Å². The predicted molar refractivity (Wildman–Crippen MR) is 139 cm³/mol. The van der Waals surface area contributed by atoms with Gasteiger partial charge in [-0.15, -0.1) is 11.3 Å². The fraction of sp³-hybridized carbons (Fsp3) is 0.346. The number of nitrogens with zero attached hydrogens (tertiary/aromatic N) is 3. The Kier molecular flexibility index (Phi) is 6.99. The molecule has 8 heteroatoms. The molecule has 0 bridgehead atoms. The van der Waals surface area contributed by atoms with E-state index in [4.69, 9.17) is 9.72 Å². The summed E-state index contributed by atoms with van der Waals surface area (Å²) in [6, 6.07) is 18.1. The van der Waals surface area contributed by atoms with Crippen LogP contribution in [0, 0.1) is 0 Å². The Morgan fingerprint density at radius 1 is 1.12 bits per heavy atom. The summed E-state index contributed by atoms with van der Waals surface area (Å²) < 4.78 is 8.91. The predicted octanol–water partition coefficient (Wildman–Crippen LogP) is 4.58. The molecule has 0 radical (unpaired) electrons. The molecule has 1 fully saturated rings. The monoisotopic (exact) mass is 493 g/mol. The van der Waals surface area contributed by atoms with Crippen molar-refractivity contribution < 1.29 is 9.53 Å². The molecule has 1 unspecified atom stereocenters. The van der Waals surface area contributed by atoms with Gasteiger partial charge in [0, 0.05) is 29.7 Å². The maximum atomic E-state index is 13.7. The minimum Gasteiger partial charge on any atom is -0.378 e. The zero-order valence-corrected chi connectivity index (χ0v) is 20.7. The fourth-order valence-electron chi connectivity index (χ4n) is 4.25. The largest absolute Gasteiger partial charge is 0.378 e. The highest BCUT2D eigenvalue weighted by molar-refractivity contribution is 8.00. The average Bonchev–Trinajstić information content (AvgIpc) is 3.26. The quantitative estimate of drug-likeness (QED) is 0.278. The van der Waals surface area contributed by atoms with E-state index < -0.39 is 0 Å². The number of carbonyl (C=O) groups excluding carboxylic acids is 1. The van der Waals surface area contributed by atoms with Crippen LogP contribution in [0.15, 0.2) is 64.5 Å². The number of morpholine rings is 1. The molecule has 176 valence electrons. The smallest absolute Gasteiger partial charge is 0.272 e. The minimum atomic E-state index is -0.296. The van der Waals surface area contributed by atoms with Crippen LogP contribution in [0.25, 0.3) is 20.3 Å². The molecule has 1 atom stereocenters. The molecule has 6 nitrogen and oxygen atoms in total. The lowest BCUT2D eigenvalue weighted by molar-refractivity contribution is -0.134. The van der Waals surface area contributed by atoms with Gasteiger partial charge in [0.1, 0.15) is 4.70 Å². The number of hydrogen-bond acceptors (Lipinski definition) is 6. The summed E-state index contributed by atoms with van der Waals surface area (Å²) in [6.07, 6.45) is 1.39. The second-order valence-corrected chi connectivity index (χ2v) is 10.5. The first-order valence-electron chi connectivity index (χ1n) is 11.6. The van der Waals surface area contributed by atoms with Gasteiger partial charge in [-0.05, 0) is 24.5 Å². The average molecular weight is 494 g/mol. The minimum absolute atomic E-state index is 0.0293. The normalized spacial score (nSPS) is 15.1. The van der Waals surface area contributed by atoms with E-state index in [1.165, 1.54) is 28.7 Å². The number of ether oxygens (including phenoxy) is 1. The molecule has 1 amide bonds. The van der Waals surface area contributed by atoms with Crippen LogP contribution < -0.4 is 5.56 Å². The highest BCUT2D eigenvalue weighted by atomic mass is 32.2. The van der Waals surface area contributed by atoms with E-state index >= 15 is 0 Å². The third-order valence-electron chi connectivity index (χ3n) is 6.13. The second-order valence-electron chi connectivity index (χ2n) is 8.32. The number of amides is 1. The number of hydrogen-bond donors (Lipinski definition) is 0. The zero-order valence-electron chi connectivity index (χ0n) is 19.1. The molecule has 1 aliphatic heterocycles. The molecule has 5 rings (SSSR count). The van der Waals surface area contributed by atoms with Crippen molar-refractivity contribution in [3.8, 4) is 0 Å². The lowest BCUT2D eigenvalue weighted by atomic mass is 10.1. The Balaban J connectivity index is 1.55. The van der Waals surface area contributed by atoms with Gasteiger partial charge in [0.15, 0.2) is 5.16 Å². The third-order valence-corrected chi connectivity index (χ3v) is 8.62. The maximum Gasteiger partial charge on any atom is 0.272 e. The highest BCUT2D eigenvalue weighted by Crippen LogP contribution is 2.33. The molecule has 3 heterocycles. The van der Waals surface area contributed by atoms with Gasteiger partial charge in [-0.25, -0.2) is 4.98 Å². The first-order chi connectivity index (χ1) is 16.7. The van der Waals surface area contributed by atoms with Gasteiger partial charge >= 0.3 is 0 Å². The highest BCUT2D eigenvalue weighted by Gasteiger charge is 2.28. The van der Waals surface area contributed by atoms with E-state index in [1.54, 1.807) is 4.57 Å². The maximum absolute atomic E-state index is 13.7. The van der Waals surface area contributed by atoms with Crippen LogP contribution in [-0.2, 0) is 22.5 Å². The second kappa shape index (κ2) is 10.3. The first-order valence-corrected chi connectivity index (χ1v) is 13.3. The van der Waals surface area contributed by atoms with Crippen LogP contribution in [0.5, 0.6) is 0 Å².